The lowest BCUT2D eigenvalue weighted by Crippen LogP contribution is -2.67. The summed E-state index contributed by atoms with van der Waals surface area (Å²) in [7, 11) is 0. The number of allylic oxidation sites excluding steroid dienone is 1. The fourth-order valence-electron chi connectivity index (χ4n) is 4.47. The molecule has 0 N–H and O–H groups in total. The topological polar surface area (TPSA) is 62.7 Å². The Morgan fingerprint density at radius 1 is 0.939 bits per heavy atom. The summed E-state index contributed by atoms with van der Waals surface area (Å²) in [4.78, 5) is 34.1. The van der Waals surface area contributed by atoms with E-state index in [1.165, 1.54) is 11.6 Å². The number of aromatic nitrogens is 1. The number of ether oxygens (including phenoxy) is 1. The number of nitrogens with zero attached hydrogens (tertiary/aromatic N) is 3. The van der Waals surface area contributed by atoms with E-state index in [0.717, 1.165) is 18.7 Å². The van der Waals surface area contributed by atoms with Crippen LogP contribution < -0.4 is 0 Å². The van der Waals surface area contributed by atoms with Gasteiger partial charge in [0.15, 0.2) is 5.78 Å². The first-order valence-electron chi connectivity index (χ1n) is 11.1. The average molecular weight is 440 g/mol. The lowest BCUT2D eigenvalue weighted by atomic mass is 10.0. The van der Waals surface area contributed by atoms with Gasteiger partial charge in [-0.3, -0.25) is 19.5 Å². The predicted molar refractivity (Wildman–Crippen MR) is 125 cm³/mol. The van der Waals surface area contributed by atoms with E-state index in [9.17, 15) is 9.59 Å². The zero-order chi connectivity index (χ0) is 22.7. The molecule has 166 valence electrons. The Morgan fingerprint density at radius 2 is 1.73 bits per heavy atom. The SMILES string of the molecule is O=C(/C=C/c1cccc(C(=O)N2CCN(Cc3ccccc3)C23COC3)c1)c1ccncc1. The first-order chi connectivity index (χ1) is 16.2. The van der Waals surface area contributed by atoms with E-state index in [1.54, 1.807) is 30.6 Å². The Morgan fingerprint density at radius 3 is 2.45 bits per heavy atom. The highest BCUT2D eigenvalue weighted by atomic mass is 16.5. The fourth-order valence-corrected chi connectivity index (χ4v) is 4.47. The number of benzene rings is 2. The van der Waals surface area contributed by atoms with E-state index in [2.05, 4.69) is 22.0 Å². The molecule has 2 aliphatic heterocycles. The summed E-state index contributed by atoms with van der Waals surface area (Å²) in [6, 6.07) is 21.1. The van der Waals surface area contributed by atoms with Crippen molar-refractivity contribution in [2.75, 3.05) is 26.3 Å². The van der Waals surface area contributed by atoms with Crippen molar-refractivity contribution in [1.82, 2.24) is 14.8 Å². The van der Waals surface area contributed by atoms with Crippen LogP contribution in [0.3, 0.4) is 0 Å². The number of hydrogen-bond donors (Lipinski definition) is 0. The van der Waals surface area contributed by atoms with Crippen LogP contribution in [0.15, 0.2) is 85.2 Å². The molecule has 2 aliphatic rings. The second-order valence-electron chi connectivity index (χ2n) is 8.40. The average Bonchev–Trinajstić information content (AvgIpc) is 3.23. The molecule has 3 heterocycles. The zero-order valence-electron chi connectivity index (χ0n) is 18.3. The van der Waals surface area contributed by atoms with Crippen LogP contribution in [-0.4, -0.2) is 58.4 Å². The number of carbonyl (C=O) groups is 2. The smallest absolute Gasteiger partial charge is 0.255 e. The quantitative estimate of drug-likeness (QED) is 0.433. The number of amides is 1. The number of hydrogen-bond acceptors (Lipinski definition) is 5. The van der Waals surface area contributed by atoms with Gasteiger partial charge in [0, 0.05) is 43.2 Å². The summed E-state index contributed by atoms with van der Waals surface area (Å²) in [6.45, 7) is 3.30. The van der Waals surface area contributed by atoms with Gasteiger partial charge in [-0.25, -0.2) is 0 Å². The summed E-state index contributed by atoms with van der Waals surface area (Å²) < 4.78 is 5.59. The number of rotatable bonds is 6. The van der Waals surface area contributed by atoms with Gasteiger partial charge in [-0.15, -0.1) is 0 Å². The minimum Gasteiger partial charge on any atom is -0.374 e. The van der Waals surface area contributed by atoms with Gasteiger partial charge in [-0.1, -0.05) is 48.5 Å². The molecule has 2 aromatic carbocycles. The van der Waals surface area contributed by atoms with Gasteiger partial charge < -0.3 is 9.64 Å². The Hall–Kier alpha value is -3.61. The van der Waals surface area contributed by atoms with Crippen molar-refractivity contribution in [1.29, 1.82) is 0 Å². The maximum Gasteiger partial charge on any atom is 0.255 e. The van der Waals surface area contributed by atoms with Crippen LogP contribution in [0.4, 0.5) is 0 Å². The third kappa shape index (κ3) is 4.23. The summed E-state index contributed by atoms with van der Waals surface area (Å²) in [5.41, 5.74) is 2.83. The minimum absolute atomic E-state index is 0.00966. The van der Waals surface area contributed by atoms with Gasteiger partial charge >= 0.3 is 0 Å². The van der Waals surface area contributed by atoms with E-state index in [-0.39, 0.29) is 11.7 Å². The molecule has 0 aliphatic carbocycles. The molecular formula is C27H25N3O3. The summed E-state index contributed by atoms with van der Waals surface area (Å²) in [5, 5.41) is 0. The highest BCUT2D eigenvalue weighted by molar-refractivity contribution is 6.06. The van der Waals surface area contributed by atoms with Gasteiger partial charge in [-0.05, 0) is 41.5 Å². The number of pyridine rings is 1. The van der Waals surface area contributed by atoms with Gasteiger partial charge in [-0.2, -0.15) is 0 Å². The third-order valence-electron chi connectivity index (χ3n) is 6.34. The van der Waals surface area contributed by atoms with Crippen LogP contribution in [0.1, 0.15) is 31.8 Å². The maximum absolute atomic E-state index is 13.5. The Bertz CT molecular complexity index is 1170. The summed E-state index contributed by atoms with van der Waals surface area (Å²) in [5.74, 6) is -0.111. The van der Waals surface area contributed by atoms with Crippen LogP contribution in [-0.2, 0) is 11.3 Å². The third-order valence-corrected chi connectivity index (χ3v) is 6.34. The van der Waals surface area contributed by atoms with Gasteiger partial charge in [0.2, 0.25) is 0 Å². The van der Waals surface area contributed by atoms with Crippen LogP contribution in [0.5, 0.6) is 0 Å². The molecule has 2 fully saturated rings. The molecule has 1 aromatic heterocycles. The van der Waals surface area contributed by atoms with Crippen molar-refractivity contribution >= 4 is 17.8 Å². The van der Waals surface area contributed by atoms with Crippen LogP contribution in [0, 0.1) is 0 Å². The Kier molecular flexibility index (Phi) is 5.86. The lowest BCUT2D eigenvalue weighted by Gasteiger charge is -2.49. The standard InChI is InChI=1S/C27H25N3O3/c31-25(23-11-13-28-14-12-23)10-9-21-7-4-8-24(17-21)26(32)30-16-15-29(27(30)19-33-20-27)18-22-5-2-1-3-6-22/h1-14,17H,15-16,18-20H2/b10-9+. The molecule has 0 saturated carbocycles. The zero-order valence-corrected chi connectivity index (χ0v) is 18.3. The maximum atomic E-state index is 13.5. The van der Waals surface area contributed by atoms with Crippen molar-refractivity contribution in [3.05, 3.63) is 107 Å². The molecule has 0 bridgehead atoms. The molecule has 0 radical (unpaired) electrons. The monoisotopic (exact) mass is 439 g/mol. The number of carbonyl (C=O) groups excluding carboxylic acids is 2. The van der Waals surface area contributed by atoms with Crippen LogP contribution in [0.2, 0.25) is 0 Å². The Balaban J connectivity index is 1.32. The van der Waals surface area contributed by atoms with E-state index >= 15 is 0 Å². The van der Waals surface area contributed by atoms with E-state index in [4.69, 9.17) is 4.74 Å². The van der Waals surface area contributed by atoms with E-state index in [1.807, 2.05) is 47.4 Å². The van der Waals surface area contributed by atoms with Gasteiger partial charge in [0.25, 0.3) is 5.91 Å². The van der Waals surface area contributed by atoms with Crippen molar-refractivity contribution < 1.29 is 14.3 Å². The normalized spacial score (nSPS) is 17.4. The Labute approximate surface area is 193 Å². The van der Waals surface area contributed by atoms with Gasteiger partial charge in [0.05, 0.1) is 13.2 Å². The largest absolute Gasteiger partial charge is 0.374 e. The fraction of sp³-hybridized carbons (Fsp3) is 0.222. The molecule has 1 amide bonds. The molecule has 0 atom stereocenters. The first-order valence-corrected chi connectivity index (χ1v) is 11.1. The molecule has 1 spiro atoms. The van der Waals surface area contributed by atoms with E-state index < -0.39 is 5.66 Å². The van der Waals surface area contributed by atoms with Crippen molar-refractivity contribution in [3.63, 3.8) is 0 Å². The highest BCUT2D eigenvalue weighted by Gasteiger charge is 2.54. The van der Waals surface area contributed by atoms with Crippen LogP contribution in [0.25, 0.3) is 6.08 Å². The molecule has 0 unspecified atom stereocenters. The summed E-state index contributed by atoms with van der Waals surface area (Å²) in [6.07, 6.45) is 6.46. The summed E-state index contributed by atoms with van der Waals surface area (Å²) >= 11 is 0. The van der Waals surface area contributed by atoms with E-state index in [0.29, 0.717) is 30.9 Å². The van der Waals surface area contributed by atoms with Crippen LogP contribution >= 0.6 is 0 Å². The molecule has 6 nitrogen and oxygen atoms in total. The lowest BCUT2D eigenvalue weighted by molar-refractivity contribution is -0.176. The molecule has 33 heavy (non-hydrogen) atoms. The second-order valence-corrected chi connectivity index (χ2v) is 8.40. The molecular weight excluding hydrogens is 414 g/mol. The van der Waals surface area contributed by atoms with Crippen molar-refractivity contribution in [2.24, 2.45) is 0 Å². The number of ketones is 1. The molecule has 5 rings (SSSR count). The predicted octanol–water partition coefficient (Wildman–Crippen LogP) is 3.66. The molecule has 3 aromatic rings. The first kappa shape index (κ1) is 21.2. The molecule has 6 heteroatoms. The van der Waals surface area contributed by atoms with Crippen molar-refractivity contribution in [3.8, 4) is 0 Å². The van der Waals surface area contributed by atoms with Crippen molar-refractivity contribution in [2.45, 2.75) is 12.2 Å². The molecule has 2 saturated heterocycles. The highest BCUT2D eigenvalue weighted by Crippen LogP contribution is 2.36. The minimum atomic E-state index is -0.393. The second kappa shape index (κ2) is 9.10. The van der Waals surface area contributed by atoms with Gasteiger partial charge in [0.1, 0.15) is 5.66 Å².